The fourth-order valence-corrected chi connectivity index (χ4v) is 4.93. The van der Waals surface area contributed by atoms with Gasteiger partial charge in [-0.1, -0.05) is 45.0 Å². The van der Waals surface area contributed by atoms with Crippen LogP contribution in [0, 0.1) is 0 Å². The second-order valence-corrected chi connectivity index (χ2v) is 13.1. The summed E-state index contributed by atoms with van der Waals surface area (Å²) in [6, 6.07) is 10.4. The molecule has 0 saturated carbocycles. The summed E-state index contributed by atoms with van der Waals surface area (Å²) in [4.78, 5) is 27.3. The van der Waals surface area contributed by atoms with Gasteiger partial charge in [0.1, 0.15) is 12.3 Å². The minimum absolute atomic E-state index is 0.0714. The molecule has 1 aliphatic heterocycles. The van der Waals surface area contributed by atoms with Gasteiger partial charge in [0.25, 0.3) is 11.8 Å². The molecule has 35 heavy (non-hydrogen) atoms. The van der Waals surface area contributed by atoms with E-state index in [-0.39, 0.29) is 17.7 Å². The summed E-state index contributed by atoms with van der Waals surface area (Å²) in [7, 11) is -0.480. The molecule has 190 valence electrons. The van der Waals surface area contributed by atoms with Crippen molar-refractivity contribution in [3.05, 3.63) is 51.7 Å². The van der Waals surface area contributed by atoms with Crippen molar-refractivity contribution in [3.8, 4) is 0 Å². The van der Waals surface area contributed by atoms with Crippen LogP contribution in [0.2, 0.25) is 0 Å². The van der Waals surface area contributed by atoms with Crippen LogP contribution in [0.1, 0.15) is 68.6 Å². The first-order chi connectivity index (χ1) is 16.1. The number of rotatable bonds is 7. The summed E-state index contributed by atoms with van der Waals surface area (Å²) in [6.07, 6.45) is 1.63. The van der Waals surface area contributed by atoms with Crippen LogP contribution in [0.4, 0.5) is 0 Å². The van der Waals surface area contributed by atoms with E-state index in [1.165, 1.54) is 17.6 Å². The quantitative estimate of drug-likeness (QED) is 0.434. The smallest absolute Gasteiger partial charge is 0.494 e. The summed E-state index contributed by atoms with van der Waals surface area (Å²) in [5.74, 6) is -0.830. The minimum Gasteiger partial charge on any atom is -0.593 e. The van der Waals surface area contributed by atoms with Gasteiger partial charge < -0.3 is 19.2 Å². The van der Waals surface area contributed by atoms with Crippen LogP contribution < -0.4 is 15.5 Å². The maximum absolute atomic E-state index is 12.9. The normalized spacial score (nSPS) is 18.7. The zero-order valence-corrected chi connectivity index (χ0v) is 23.3. The van der Waals surface area contributed by atoms with Crippen molar-refractivity contribution in [2.75, 3.05) is 6.26 Å². The van der Waals surface area contributed by atoms with Gasteiger partial charge >= 0.3 is 7.12 Å². The van der Waals surface area contributed by atoms with Gasteiger partial charge in [0.15, 0.2) is 0 Å². The molecule has 10 heteroatoms. The predicted octanol–water partition coefficient (Wildman–Crippen LogP) is 3.10. The van der Waals surface area contributed by atoms with Crippen LogP contribution in [-0.4, -0.2) is 47.0 Å². The van der Waals surface area contributed by atoms with Gasteiger partial charge in [0.2, 0.25) is 0 Å². The molecule has 0 spiro atoms. The minimum atomic E-state index is -1.54. The zero-order chi connectivity index (χ0) is 26.2. The first-order valence-corrected chi connectivity index (χ1v) is 14.0. The second kappa shape index (κ2) is 10.3. The average Bonchev–Trinajstić information content (AvgIpc) is 3.30. The molecule has 0 radical (unpaired) electrons. The Morgan fingerprint density at radius 1 is 1.06 bits per heavy atom. The molecule has 0 bridgehead atoms. The Bertz CT molecular complexity index is 1040. The largest absolute Gasteiger partial charge is 0.593 e. The van der Waals surface area contributed by atoms with E-state index < -0.39 is 41.6 Å². The van der Waals surface area contributed by atoms with Gasteiger partial charge in [-0.3, -0.25) is 9.59 Å². The summed E-state index contributed by atoms with van der Waals surface area (Å²) in [5, 5.41) is 2.82. The summed E-state index contributed by atoms with van der Waals surface area (Å²) >= 11 is -0.137. The molecular weight excluding hydrogens is 483 g/mol. The molecule has 2 unspecified atom stereocenters. The Hall–Kier alpha value is -1.85. The predicted molar refractivity (Wildman–Crippen MR) is 142 cm³/mol. The fraction of sp³-hybridized carbons (Fsp3) is 0.520. The number of hydrogen-bond donors (Lipinski definition) is 2. The number of carbonyl (C=O) groups excluding carboxylic acids is 2. The van der Waals surface area contributed by atoms with Gasteiger partial charge in [-0.05, 0) is 56.3 Å². The van der Waals surface area contributed by atoms with Crippen molar-refractivity contribution in [3.63, 3.8) is 0 Å². The van der Waals surface area contributed by atoms with Crippen LogP contribution in [0.15, 0.2) is 36.4 Å². The van der Waals surface area contributed by atoms with Crippen molar-refractivity contribution in [1.29, 1.82) is 0 Å². The Labute approximate surface area is 215 Å². The van der Waals surface area contributed by atoms with Crippen molar-refractivity contribution in [2.45, 2.75) is 77.5 Å². The Morgan fingerprint density at radius 2 is 1.63 bits per heavy atom. The van der Waals surface area contributed by atoms with Crippen LogP contribution >= 0.6 is 11.3 Å². The van der Waals surface area contributed by atoms with Gasteiger partial charge in [0.05, 0.1) is 27.4 Å². The van der Waals surface area contributed by atoms with Gasteiger partial charge in [-0.25, -0.2) is 0 Å². The number of nitrogens with one attached hydrogen (secondary N) is 2. The lowest BCUT2D eigenvalue weighted by Gasteiger charge is -2.32. The van der Waals surface area contributed by atoms with Gasteiger partial charge in [0, 0.05) is 11.3 Å². The van der Waals surface area contributed by atoms with Gasteiger partial charge in [-0.2, -0.15) is 4.72 Å². The van der Waals surface area contributed by atoms with E-state index in [0.717, 1.165) is 15.9 Å². The van der Waals surface area contributed by atoms with E-state index >= 15 is 0 Å². The van der Waals surface area contributed by atoms with Crippen molar-refractivity contribution < 1.29 is 23.5 Å². The van der Waals surface area contributed by atoms with Crippen LogP contribution in [0.3, 0.4) is 0 Å². The first kappa shape index (κ1) is 27.7. The van der Waals surface area contributed by atoms with Gasteiger partial charge in [-0.15, -0.1) is 11.3 Å². The van der Waals surface area contributed by atoms with E-state index in [1.54, 1.807) is 6.07 Å². The third-order valence-electron chi connectivity index (χ3n) is 6.38. The molecule has 1 aliphatic rings. The van der Waals surface area contributed by atoms with Crippen LogP contribution in [0.25, 0.3) is 0 Å². The number of amides is 2. The highest BCUT2D eigenvalue weighted by atomic mass is 32.2. The highest BCUT2D eigenvalue weighted by molar-refractivity contribution is 7.89. The van der Waals surface area contributed by atoms with Crippen LogP contribution in [-0.2, 0) is 37.3 Å². The van der Waals surface area contributed by atoms with Crippen LogP contribution in [0.5, 0.6) is 0 Å². The Balaban J connectivity index is 1.74. The highest BCUT2D eigenvalue weighted by Gasteiger charge is 2.51. The standard InChI is InChI=1S/C25H35BN2O5S2/c1-23(2,3)20-14-13-19(34-20)22(30)27-18(21(29)28-35(8)31)15-16-9-11-17(12-10-16)26-32-24(4,5)25(6,7)33-26/h9-14,18H,15H2,1-8H3,(H,27,30)(H,28,29). The maximum Gasteiger partial charge on any atom is 0.494 e. The van der Waals surface area contributed by atoms with E-state index in [4.69, 9.17) is 9.31 Å². The topological polar surface area (TPSA) is 99.7 Å². The number of benzene rings is 1. The van der Waals surface area contributed by atoms with E-state index in [9.17, 15) is 14.1 Å². The summed E-state index contributed by atoms with van der Waals surface area (Å²) < 4.78 is 26.2. The lowest BCUT2D eigenvalue weighted by atomic mass is 9.78. The molecule has 3 rings (SSSR count). The Kier molecular flexibility index (Phi) is 8.13. The zero-order valence-electron chi connectivity index (χ0n) is 21.7. The molecule has 0 aliphatic carbocycles. The van der Waals surface area contributed by atoms with Crippen molar-refractivity contribution in [2.24, 2.45) is 0 Å². The first-order valence-electron chi connectivity index (χ1n) is 11.6. The molecule has 1 aromatic heterocycles. The molecular formula is C25H35BN2O5S2. The van der Waals surface area contributed by atoms with Crippen molar-refractivity contribution >= 4 is 47.1 Å². The molecule has 2 amide bonds. The SMILES string of the molecule is C[S+]([O-])NC(=O)C(Cc1ccc(B2OC(C)(C)C(C)(C)O2)cc1)NC(=O)c1ccc(C(C)(C)C)s1. The van der Waals surface area contributed by atoms with Crippen molar-refractivity contribution in [1.82, 2.24) is 10.0 Å². The molecule has 2 heterocycles. The second-order valence-electron chi connectivity index (χ2n) is 10.9. The number of thiophene rings is 1. The molecule has 2 atom stereocenters. The molecule has 1 aromatic carbocycles. The lowest BCUT2D eigenvalue weighted by molar-refractivity contribution is -0.121. The van der Waals surface area contributed by atoms with E-state index in [0.29, 0.717) is 4.88 Å². The highest BCUT2D eigenvalue weighted by Crippen LogP contribution is 2.36. The fourth-order valence-electron chi connectivity index (χ4n) is 3.54. The molecule has 1 fully saturated rings. The number of hydrogen-bond acceptors (Lipinski definition) is 6. The summed E-state index contributed by atoms with van der Waals surface area (Å²) in [5.41, 5.74) is 0.773. The number of carbonyl (C=O) groups is 2. The monoisotopic (exact) mass is 518 g/mol. The maximum atomic E-state index is 12.9. The lowest BCUT2D eigenvalue weighted by Crippen LogP contribution is -2.49. The average molecular weight is 519 g/mol. The molecule has 1 saturated heterocycles. The molecule has 2 aromatic rings. The summed E-state index contributed by atoms with van der Waals surface area (Å²) in [6.45, 7) is 14.3. The molecule has 7 nitrogen and oxygen atoms in total. The Morgan fingerprint density at radius 3 is 2.11 bits per heavy atom. The van der Waals surface area contributed by atoms with E-state index in [2.05, 4.69) is 30.8 Å². The third kappa shape index (κ3) is 6.68. The molecule has 2 N–H and O–H groups in total. The third-order valence-corrected chi connectivity index (χ3v) is 8.38. The van der Waals surface area contributed by atoms with E-state index in [1.807, 2.05) is 58.0 Å².